The van der Waals surface area contributed by atoms with Crippen molar-refractivity contribution in [1.29, 1.82) is 0 Å². The minimum Gasteiger partial charge on any atom is -0.383 e. The molecule has 0 bridgehead atoms. The first-order valence-electron chi connectivity index (χ1n) is 5.52. The first-order chi connectivity index (χ1) is 7.75. The van der Waals surface area contributed by atoms with Crippen LogP contribution in [0.15, 0.2) is 18.2 Å². The Labute approximate surface area is 99.7 Å². The van der Waals surface area contributed by atoms with E-state index in [0.29, 0.717) is 16.6 Å². The highest BCUT2D eigenvalue weighted by molar-refractivity contribution is 6.33. The summed E-state index contributed by atoms with van der Waals surface area (Å²) in [7, 11) is 0. The summed E-state index contributed by atoms with van der Waals surface area (Å²) in [5, 5.41) is 3.76. The van der Waals surface area contributed by atoms with Gasteiger partial charge in [-0.2, -0.15) is 0 Å². The van der Waals surface area contributed by atoms with Crippen LogP contribution in [0.1, 0.15) is 12.8 Å². The zero-order chi connectivity index (χ0) is 11.4. The summed E-state index contributed by atoms with van der Waals surface area (Å²) in [4.78, 5) is 0. The van der Waals surface area contributed by atoms with Crippen molar-refractivity contribution in [3.63, 3.8) is 0 Å². The van der Waals surface area contributed by atoms with E-state index >= 15 is 0 Å². The third-order valence-electron chi connectivity index (χ3n) is 2.85. The van der Waals surface area contributed by atoms with Gasteiger partial charge in [-0.05, 0) is 37.0 Å². The molecule has 0 amide bonds. The molecule has 1 aromatic carbocycles. The summed E-state index contributed by atoms with van der Waals surface area (Å²) in [6, 6.07) is 4.37. The molecule has 0 unspecified atom stereocenters. The van der Waals surface area contributed by atoms with Crippen LogP contribution in [0, 0.1) is 11.7 Å². The first-order valence-corrected chi connectivity index (χ1v) is 5.90. The van der Waals surface area contributed by atoms with Crippen LogP contribution in [-0.2, 0) is 4.74 Å². The third-order valence-corrected chi connectivity index (χ3v) is 3.18. The molecular formula is C12H15ClFNO. The number of hydrogen-bond acceptors (Lipinski definition) is 2. The maximum Gasteiger partial charge on any atom is 0.125 e. The second-order valence-electron chi connectivity index (χ2n) is 4.06. The lowest BCUT2D eigenvalue weighted by Gasteiger charge is -2.22. The Morgan fingerprint density at radius 1 is 1.38 bits per heavy atom. The number of benzene rings is 1. The molecule has 1 heterocycles. The number of ether oxygens (including phenoxy) is 1. The number of hydrogen-bond donors (Lipinski definition) is 1. The topological polar surface area (TPSA) is 21.3 Å². The standard InChI is InChI=1S/C12H15ClFNO/c13-11-2-1-10(14)7-12(11)15-8-9-3-5-16-6-4-9/h1-2,7,9,15H,3-6,8H2. The number of rotatable bonds is 3. The zero-order valence-electron chi connectivity index (χ0n) is 9.01. The Bertz CT molecular complexity index is 353. The van der Waals surface area contributed by atoms with Gasteiger partial charge in [0.2, 0.25) is 0 Å². The van der Waals surface area contributed by atoms with Gasteiger partial charge in [0, 0.05) is 19.8 Å². The fourth-order valence-corrected chi connectivity index (χ4v) is 2.02. The lowest BCUT2D eigenvalue weighted by Crippen LogP contribution is -2.22. The van der Waals surface area contributed by atoms with Crippen molar-refractivity contribution >= 4 is 17.3 Å². The highest BCUT2D eigenvalue weighted by Gasteiger charge is 2.13. The average molecular weight is 244 g/mol. The largest absolute Gasteiger partial charge is 0.383 e. The predicted molar refractivity (Wildman–Crippen MR) is 63.4 cm³/mol. The van der Waals surface area contributed by atoms with E-state index in [1.807, 2.05) is 0 Å². The Hall–Kier alpha value is -0.800. The van der Waals surface area contributed by atoms with Gasteiger partial charge >= 0.3 is 0 Å². The Balaban J connectivity index is 1.90. The molecule has 2 nitrogen and oxygen atoms in total. The monoisotopic (exact) mass is 243 g/mol. The molecule has 0 spiro atoms. The highest BCUT2D eigenvalue weighted by atomic mass is 35.5. The van der Waals surface area contributed by atoms with Gasteiger partial charge in [-0.15, -0.1) is 0 Å². The van der Waals surface area contributed by atoms with Gasteiger partial charge in [0.1, 0.15) is 5.82 Å². The summed E-state index contributed by atoms with van der Waals surface area (Å²) in [6.07, 6.45) is 2.11. The molecule has 1 saturated heterocycles. The van der Waals surface area contributed by atoms with Crippen molar-refractivity contribution in [3.05, 3.63) is 29.0 Å². The van der Waals surface area contributed by atoms with Crippen molar-refractivity contribution < 1.29 is 9.13 Å². The second kappa shape index (κ2) is 5.51. The summed E-state index contributed by atoms with van der Waals surface area (Å²) in [5.41, 5.74) is 0.674. The van der Waals surface area contributed by atoms with Crippen LogP contribution >= 0.6 is 11.6 Å². The van der Waals surface area contributed by atoms with E-state index in [0.717, 1.165) is 32.6 Å². The fourth-order valence-electron chi connectivity index (χ4n) is 1.84. The summed E-state index contributed by atoms with van der Waals surface area (Å²) in [6.45, 7) is 2.47. The van der Waals surface area contributed by atoms with E-state index in [9.17, 15) is 4.39 Å². The van der Waals surface area contributed by atoms with Crippen LogP contribution in [0.3, 0.4) is 0 Å². The van der Waals surface area contributed by atoms with Crippen LogP contribution in [0.5, 0.6) is 0 Å². The second-order valence-corrected chi connectivity index (χ2v) is 4.47. The van der Waals surface area contributed by atoms with Crippen molar-refractivity contribution in [2.45, 2.75) is 12.8 Å². The number of halogens is 2. The van der Waals surface area contributed by atoms with E-state index in [1.54, 1.807) is 6.07 Å². The average Bonchev–Trinajstić information content (AvgIpc) is 2.32. The summed E-state index contributed by atoms with van der Waals surface area (Å²) >= 11 is 5.96. The van der Waals surface area contributed by atoms with Gasteiger partial charge in [0.05, 0.1) is 10.7 Å². The molecule has 0 aliphatic carbocycles. The maximum absolute atomic E-state index is 13.0. The lowest BCUT2D eigenvalue weighted by molar-refractivity contribution is 0.0699. The van der Waals surface area contributed by atoms with E-state index in [2.05, 4.69) is 5.32 Å². The van der Waals surface area contributed by atoms with Gasteiger partial charge < -0.3 is 10.1 Å². The molecule has 0 aromatic heterocycles. The quantitative estimate of drug-likeness (QED) is 0.880. The maximum atomic E-state index is 13.0. The molecule has 1 N–H and O–H groups in total. The molecule has 0 saturated carbocycles. The van der Waals surface area contributed by atoms with E-state index in [-0.39, 0.29) is 5.82 Å². The van der Waals surface area contributed by atoms with Crippen molar-refractivity contribution in [2.24, 2.45) is 5.92 Å². The third kappa shape index (κ3) is 3.09. The minimum atomic E-state index is -0.265. The highest BCUT2D eigenvalue weighted by Crippen LogP contribution is 2.23. The molecule has 1 fully saturated rings. The normalized spacial score (nSPS) is 17.4. The molecule has 88 valence electrons. The molecule has 4 heteroatoms. The molecule has 2 rings (SSSR count). The SMILES string of the molecule is Fc1ccc(Cl)c(NCC2CCOCC2)c1. The summed E-state index contributed by atoms with van der Waals surface area (Å²) < 4.78 is 18.3. The number of nitrogens with one attached hydrogen (secondary N) is 1. The molecule has 16 heavy (non-hydrogen) atoms. The van der Waals surface area contributed by atoms with E-state index < -0.39 is 0 Å². The summed E-state index contributed by atoms with van der Waals surface area (Å²) in [5.74, 6) is 0.326. The predicted octanol–water partition coefficient (Wildman–Crippen LogP) is 3.32. The van der Waals surface area contributed by atoms with E-state index in [4.69, 9.17) is 16.3 Å². The fraction of sp³-hybridized carbons (Fsp3) is 0.500. The lowest BCUT2D eigenvalue weighted by atomic mass is 10.0. The molecule has 0 atom stereocenters. The van der Waals surface area contributed by atoms with Gasteiger partial charge in [0.15, 0.2) is 0 Å². The Morgan fingerprint density at radius 3 is 2.88 bits per heavy atom. The molecule has 0 radical (unpaired) electrons. The minimum absolute atomic E-state index is 0.265. The van der Waals surface area contributed by atoms with Gasteiger partial charge in [-0.1, -0.05) is 11.6 Å². The smallest absolute Gasteiger partial charge is 0.125 e. The van der Waals surface area contributed by atoms with Crippen LogP contribution in [-0.4, -0.2) is 19.8 Å². The van der Waals surface area contributed by atoms with E-state index in [1.165, 1.54) is 12.1 Å². The molecular weight excluding hydrogens is 229 g/mol. The van der Waals surface area contributed by atoms with Gasteiger partial charge in [-0.3, -0.25) is 0 Å². The van der Waals surface area contributed by atoms with Crippen LogP contribution in [0.4, 0.5) is 10.1 Å². The first kappa shape index (κ1) is 11.7. The van der Waals surface area contributed by atoms with Crippen LogP contribution in [0.2, 0.25) is 5.02 Å². The zero-order valence-corrected chi connectivity index (χ0v) is 9.77. The number of anilines is 1. The van der Waals surface area contributed by atoms with Gasteiger partial charge in [0.25, 0.3) is 0 Å². The van der Waals surface area contributed by atoms with Crippen LogP contribution < -0.4 is 5.32 Å². The van der Waals surface area contributed by atoms with Crippen molar-refractivity contribution in [3.8, 4) is 0 Å². The van der Waals surface area contributed by atoms with Crippen molar-refractivity contribution in [1.82, 2.24) is 0 Å². The molecule has 1 aliphatic heterocycles. The molecule has 1 aromatic rings. The van der Waals surface area contributed by atoms with Crippen LogP contribution in [0.25, 0.3) is 0 Å². The molecule has 1 aliphatic rings. The Kier molecular flexibility index (Phi) is 4.02. The van der Waals surface area contributed by atoms with Crippen molar-refractivity contribution in [2.75, 3.05) is 25.1 Å². The Morgan fingerprint density at radius 2 is 2.12 bits per heavy atom. The van der Waals surface area contributed by atoms with Gasteiger partial charge in [-0.25, -0.2) is 4.39 Å².